The van der Waals surface area contributed by atoms with Gasteiger partial charge >= 0.3 is 0 Å². The number of ether oxygens (including phenoxy) is 1. The van der Waals surface area contributed by atoms with E-state index < -0.39 is 10.0 Å². The van der Waals surface area contributed by atoms with Gasteiger partial charge in [-0.05, 0) is 43.7 Å². The zero-order chi connectivity index (χ0) is 16.8. The third-order valence-electron chi connectivity index (χ3n) is 3.64. The number of benzene rings is 2. The number of aryl methyl sites for hydroxylation is 2. The molecule has 1 aromatic heterocycles. The second-order valence-electron chi connectivity index (χ2n) is 5.17. The predicted octanol–water partition coefficient (Wildman–Crippen LogP) is 3.55. The molecule has 23 heavy (non-hydrogen) atoms. The Labute approximate surface area is 139 Å². The molecule has 0 aliphatic rings. The van der Waals surface area contributed by atoms with Crippen molar-refractivity contribution in [3.05, 3.63) is 52.8 Å². The van der Waals surface area contributed by atoms with Crippen LogP contribution in [0, 0.1) is 13.8 Å². The highest BCUT2D eigenvalue weighted by Gasteiger charge is 2.26. The van der Waals surface area contributed by atoms with Gasteiger partial charge in [-0.25, -0.2) is 17.4 Å². The third kappa shape index (κ3) is 2.48. The third-order valence-corrected chi connectivity index (χ3v) is 5.86. The van der Waals surface area contributed by atoms with Gasteiger partial charge in [0.15, 0.2) is 0 Å². The van der Waals surface area contributed by atoms with Crippen LogP contribution in [0.2, 0.25) is 5.02 Å². The van der Waals surface area contributed by atoms with Crippen LogP contribution in [0.25, 0.3) is 11.0 Å². The molecule has 0 fully saturated rings. The lowest BCUT2D eigenvalue weighted by Gasteiger charge is -2.14. The Morgan fingerprint density at radius 1 is 1.17 bits per heavy atom. The van der Waals surface area contributed by atoms with Crippen molar-refractivity contribution in [1.82, 2.24) is 8.96 Å². The number of imidazole rings is 1. The number of nitrogens with zero attached hydrogens (tertiary/aromatic N) is 2. The molecular formula is C16H15ClN2O3S. The monoisotopic (exact) mass is 350 g/mol. The molecule has 5 nitrogen and oxygen atoms in total. The SMILES string of the molecule is COc1cc(C)c(Cl)cc1S(=O)(=O)n1c(C)nc2ccccc21. The molecule has 0 atom stereocenters. The van der Waals surface area contributed by atoms with Crippen molar-refractivity contribution in [3.63, 3.8) is 0 Å². The average Bonchev–Trinajstić information content (AvgIpc) is 2.85. The molecule has 0 saturated carbocycles. The van der Waals surface area contributed by atoms with Crippen molar-refractivity contribution >= 4 is 32.7 Å². The first-order chi connectivity index (χ1) is 10.9. The van der Waals surface area contributed by atoms with E-state index in [2.05, 4.69) is 4.98 Å². The van der Waals surface area contributed by atoms with Crippen LogP contribution in [-0.2, 0) is 10.0 Å². The van der Waals surface area contributed by atoms with Crippen molar-refractivity contribution in [2.75, 3.05) is 7.11 Å². The molecular weight excluding hydrogens is 336 g/mol. The molecule has 0 N–H and O–H groups in total. The molecule has 0 bridgehead atoms. The van der Waals surface area contributed by atoms with E-state index in [4.69, 9.17) is 16.3 Å². The van der Waals surface area contributed by atoms with E-state index in [0.29, 0.717) is 21.9 Å². The number of hydrogen-bond donors (Lipinski definition) is 0. The maximum atomic E-state index is 13.2. The fourth-order valence-electron chi connectivity index (χ4n) is 2.52. The Morgan fingerprint density at radius 3 is 2.57 bits per heavy atom. The van der Waals surface area contributed by atoms with E-state index in [-0.39, 0.29) is 10.6 Å². The molecule has 0 aliphatic carbocycles. The van der Waals surface area contributed by atoms with Gasteiger partial charge in [0.25, 0.3) is 10.0 Å². The largest absolute Gasteiger partial charge is 0.495 e. The minimum atomic E-state index is -3.89. The summed E-state index contributed by atoms with van der Waals surface area (Å²) in [5.74, 6) is 0.633. The maximum absolute atomic E-state index is 13.2. The molecule has 0 aliphatic heterocycles. The van der Waals surface area contributed by atoms with E-state index in [0.717, 1.165) is 5.56 Å². The average molecular weight is 351 g/mol. The van der Waals surface area contributed by atoms with Gasteiger partial charge in [-0.2, -0.15) is 0 Å². The molecule has 1 heterocycles. The van der Waals surface area contributed by atoms with E-state index in [1.54, 1.807) is 38.1 Å². The van der Waals surface area contributed by atoms with Gasteiger partial charge in [-0.1, -0.05) is 23.7 Å². The van der Waals surface area contributed by atoms with Crippen molar-refractivity contribution in [3.8, 4) is 5.75 Å². The standard InChI is InChI=1S/C16H15ClN2O3S/c1-10-8-15(22-3)16(9-12(10)17)23(20,21)19-11(2)18-13-6-4-5-7-14(13)19/h4-9H,1-3H3. The summed E-state index contributed by atoms with van der Waals surface area (Å²) in [7, 11) is -2.46. The highest BCUT2D eigenvalue weighted by Crippen LogP contribution is 2.33. The molecule has 7 heteroatoms. The normalized spacial score (nSPS) is 11.8. The lowest BCUT2D eigenvalue weighted by molar-refractivity contribution is 0.402. The van der Waals surface area contributed by atoms with Crippen LogP contribution in [0.1, 0.15) is 11.4 Å². The van der Waals surface area contributed by atoms with Crippen molar-refractivity contribution in [2.45, 2.75) is 18.7 Å². The molecule has 2 aromatic carbocycles. The second kappa shape index (κ2) is 5.54. The van der Waals surface area contributed by atoms with Crippen LogP contribution in [0.5, 0.6) is 5.75 Å². The molecule has 0 amide bonds. The number of hydrogen-bond acceptors (Lipinski definition) is 4. The van der Waals surface area contributed by atoms with Crippen LogP contribution in [0.4, 0.5) is 0 Å². The van der Waals surface area contributed by atoms with E-state index in [9.17, 15) is 8.42 Å². The molecule has 3 rings (SSSR count). The maximum Gasteiger partial charge on any atom is 0.273 e. The summed E-state index contributed by atoms with van der Waals surface area (Å²) in [6.45, 7) is 3.44. The highest BCUT2D eigenvalue weighted by molar-refractivity contribution is 7.90. The van der Waals surface area contributed by atoms with Crippen LogP contribution in [0.3, 0.4) is 0 Å². The second-order valence-corrected chi connectivity index (χ2v) is 7.33. The van der Waals surface area contributed by atoms with E-state index in [1.807, 2.05) is 6.07 Å². The summed E-state index contributed by atoms with van der Waals surface area (Å²) in [4.78, 5) is 4.33. The summed E-state index contributed by atoms with van der Waals surface area (Å²) in [6.07, 6.45) is 0. The number of fused-ring (bicyclic) bond motifs is 1. The number of methoxy groups -OCH3 is 1. The number of para-hydroxylation sites is 2. The number of rotatable bonds is 3. The summed E-state index contributed by atoms with van der Waals surface area (Å²) in [6, 6.07) is 10.1. The zero-order valence-corrected chi connectivity index (χ0v) is 14.4. The first-order valence-corrected chi connectivity index (χ1v) is 8.72. The minimum Gasteiger partial charge on any atom is -0.495 e. The Bertz CT molecular complexity index is 1010. The van der Waals surface area contributed by atoms with Crippen molar-refractivity contribution in [2.24, 2.45) is 0 Å². The highest BCUT2D eigenvalue weighted by atomic mass is 35.5. The molecule has 120 valence electrons. The van der Waals surface area contributed by atoms with Crippen LogP contribution < -0.4 is 4.74 Å². The first-order valence-electron chi connectivity index (χ1n) is 6.90. The van der Waals surface area contributed by atoms with Gasteiger partial charge in [-0.15, -0.1) is 0 Å². The topological polar surface area (TPSA) is 61.2 Å². The summed E-state index contributed by atoms with van der Waals surface area (Å²) in [5.41, 5.74) is 1.88. The van der Waals surface area contributed by atoms with Gasteiger partial charge in [0.2, 0.25) is 0 Å². The van der Waals surface area contributed by atoms with Crippen molar-refractivity contribution < 1.29 is 13.2 Å². The predicted molar refractivity (Wildman–Crippen MR) is 89.8 cm³/mol. The Kier molecular flexibility index (Phi) is 3.82. The Hall–Kier alpha value is -2.05. The first kappa shape index (κ1) is 15.8. The van der Waals surface area contributed by atoms with Crippen molar-refractivity contribution in [1.29, 1.82) is 0 Å². The number of halogens is 1. The summed E-state index contributed by atoms with van der Waals surface area (Å²) >= 11 is 6.12. The fourth-order valence-corrected chi connectivity index (χ4v) is 4.41. The quantitative estimate of drug-likeness (QED) is 0.724. The summed E-state index contributed by atoms with van der Waals surface area (Å²) in [5, 5.41) is 0.367. The van der Waals surface area contributed by atoms with E-state index >= 15 is 0 Å². The molecule has 0 saturated heterocycles. The van der Waals surface area contributed by atoms with Crippen LogP contribution in [0.15, 0.2) is 41.3 Å². The zero-order valence-electron chi connectivity index (χ0n) is 12.9. The molecule has 0 unspecified atom stereocenters. The number of aromatic nitrogens is 2. The minimum absolute atomic E-state index is 0.0156. The molecule has 0 spiro atoms. The van der Waals surface area contributed by atoms with Gasteiger partial charge < -0.3 is 4.74 Å². The smallest absolute Gasteiger partial charge is 0.273 e. The Balaban J connectivity index is 2.35. The molecule has 3 aromatic rings. The lowest BCUT2D eigenvalue weighted by atomic mass is 10.2. The van der Waals surface area contributed by atoms with Gasteiger partial charge in [0.05, 0.1) is 18.1 Å². The summed E-state index contributed by atoms with van der Waals surface area (Å²) < 4.78 is 32.8. The lowest BCUT2D eigenvalue weighted by Crippen LogP contribution is -2.15. The Morgan fingerprint density at radius 2 is 1.87 bits per heavy atom. The molecule has 0 radical (unpaired) electrons. The van der Waals surface area contributed by atoms with Gasteiger partial charge in [0, 0.05) is 5.02 Å². The van der Waals surface area contributed by atoms with Crippen LogP contribution >= 0.6 is 11.6 Å². The van der Waals surface area contributed by atoms with E-state index in [1.165, 1.54) is 17.1 Å². The van der Waals surface area contributed by atoms with Gasteiger partial charge in [-0.3, -0.25) is 0 Å². The van der Waals surface area contributed by atoms with Gasteiger partial charge in [0.1, 0.15) is 16.5 Å². The fraction of sp³-hybridized carbons (Fsp3) is 0.188. The van der Waals surface area contributed by atoms with Crippen LogP contribution in [-0.4, -0.2) is 24.5 Å².